The smallest absolute Gasteiger partial charge is 0.0456 e. The first-order valence-electron chi connectivity index (χ1n) is 5.77. The van der Waals surface area contributed by atoms with Gasteiger partial charge in [0.05, 0.1) is 0 Å². The van der Waals surface area contributed by atoms with Gasteiger partial charge in [0, 0.05) is 6.61 Å². The van der Waals surface area contributed by atoms with Crippen LogP contribution >= 0.6 is 0 Å². The Morgan fingerprint density at radius 2 is 1.23 bits per heavy atom. The summed E-state index contributed by atoms with van der Waals surface area (Å²) in [5, 5.41) is 8.65. The van der Waals surface area contributed by atoms with Gasteiger partial charge in [-0.3, -0.25) is 0 Å². The molecule has 0 saturated carbocycles. The van der Waals surface area contributed by atoms with Crippen LogP contribution in [0.1, 0.15) is 61.3 Å². The van der Waals surface area contributed by atoms with Crippen molar-refractivity contribution in [1.29, 1.82) is 0 Å². The normalized spacial score (nSPS) is 10.8. The van der Waals surface area contributed by atoms with Crippen molar-refractivity contribution in [3.05, 3.63) is 0 Å². The molecule has 0 spiro atoms. The van der Waals surface area contributed by atoms with E-state index in [0.717, 1.165) is 12.3 Å². The van der Waals surface area contributed by atoms with E-state index in [1.54, 1.807) is 0 Å². The van der Waals surface area contributed by atoms with Crippen molar-refractivity contribution in [2.75, 3.05) is 6.61 Å². The zero-order chi connectivity index (χ0) is 11.3. The summed E-state index contributed by atoms with van der Waals surface area (Å²) in [7, 11) is 0. The summed E-state index contributed by atoms with van der Waals surface area (Å²) in [5.74, 6) is 1.27. The first kappa shape index (κ1) is 18.7. The largest absolute Gasteiger partial charge is 0.396 e. The van der Waals surface area contributed by atoms with Crippen molar-refractivity contribution in [3.8, 4) is 0 Å². The average Bonchev–Trinajstić information content (AvgIpc) is 2.20. The third-order valence-corrected chi connectivity index (χ3v) is 1.55. The van der Waals surface area contributed by atoms with Crippen LogP contribution in [0.3, 0.4) is 0 Å². The highest BCUT2D eigenvalue weighted by Gasteiger charge is 2.00. The Bertz CT molecular complexity index is 60.1. The quantitative estimate of drug-likeness (QED) is 0.707. The SMILES string of the molecule is CC.CC.CC(C)CCC(C)CO. The van der Waals surface area contributed by atoms with Gasteiger partial charge in [0.2, 0.25) is 0 Å². The highest BCUT2D eigenvalue weighted by Crippen LogP contribution is 2.10. The molecule has 0 aliphatic heterocycles. The van der Waals surface area contributed by atoms with E-state index in [0.29, 0.717) is 12.5 Å². The lowest BCUT2D eigenvalue weighted by Crippen LogP contribution is -2.01. The molecule has 1 N–H and O–H groups in total. The Balaban J connectivity index is -0.000000218. The molecule has 0 bridgehead atoms. The van der Waals surface area contributed by atoms with Crippen LogP contribution in [0.2, 0.25) is 0 Å². The Morgan fingerprint density at radius 3 is 1.46 bits per heavy atom. The molecule has 1 heteroatoms. The standard InChI is InChI=1S/C8H18O.2C2H6/c1-7(2)4-5-8(3)6-9;2*1-2/h7-9H,4-6H2,1-3H3;2*1-2H3. The van der Waals surface area contributed by atoms with Gasteiger partial charge in [-0.2, -0.15) is 0 Å². The second-order valence-corrected chi connectivity index (χ2v) is 3.26. The van der Waals surface area contributed by atoms with E-state index < -0.39 is 0 Å². The highest BCUT2D eigenvalue weighted by molar-refractivity contribution is 4.52. The van der Waals surface area contributed by atoms with Crippen LogP contribution in [0.4, 0.5) is 0 Å². The van der Waals surface area contributed by atoms with E-state index in [-0.39, 0.29) is 0 Å². The summed E-state index contributed by atoms with van der Waals surface area (Å²) in [6.07, 6.45) is 2.40. The number of aliphatic hydroxyl groups excluding tert-OH is 1. The molecule has 1 atom stereocenters. The molecule has 1 nitrogen and oxygen atoms in total. The van der Waals surface area contributed by atoms with Crippen LogP contribution in [0.5, 0.6) is 0 Å². The van der Waals surface area contributed by atoms with Gasteiger partial charge in [-0.25, -0.2) is 0 Å². The predicted octanol–water partition coefficient (Wildman–Crippen LogP) is 4.10. The minimum Gasteiger partial charge on any atom is -0.396 e. The predicted molar refractivity (Wildman–Crippen MR) is 63.0 cm³/mol. The molecule has 0 amide bonds. The molecule has 13 heavy (non-hydrogen) atoms. The summed E-state index contributed by atoms with van der Waals surface area (Å²) in [6, 6.07) is 0. The molecule has 84 valence electrons. The minimum atomic E-state index is 0.340. The van der Waals surface area contributed by atoms with Gasteiger partial charge >= 0.3 is 0 Å². The van der Waals surface area contributed by atoms with Crippen LogP contribution in [0, 0.1) is 11.8 Å². The molecule has 0 heterocycles. The lowest BCUT2D eigenvalue weighted by Gasteiger charge is -2.08. The van der Waals surface area contributed by atoms with Crippen molar-refractivity contribution in [3.63, 3.8) is 0 Å². The van der Waals surface area contributed by atoms with Gasteiger partial charge in [-0.15, -0.1) is 0 Å². The third-order valence-electron chi connectivity index (χ3n) is 1.55. The van der Waals surface area contributed by atoms with Gasteiger partial charge in [0.1, 0.15) is 0 Å². The first-order chi connectivity index (χ1) is 6.16. The summed E-state index contributed by atoms with van der Waals surface area (Å²) in [6.45, 7) is 14.9. The topological polar surface area (TPSA) is 20.2 Å². The molecule has 1 unspecified atom stereocenters. The van der Waals surface area contributed by atoms with Gasteiger partial charge < -0.3 is 5.11 Å². The third kappa shape index (κ3) is 24.5. The van der Waals surface area contributed by atoms with Gasteiger partial charge in [-0.05, 0) is 18.3 Å². The fraction of sp³-hybridized carbons (Fsp3) is 1.00. The van der Waals surface area contributed by atoms with Crippen LogP contribution in [-0.2, 0) is 0 Å². The van der Waals surface area contributed by atoms with Gasteiger partial charge in [0.25, 0.3) is 0 Å². The van der Waals surface area contributed by atoms with Gasteiger partial charge in [-0.1, -0.05) is 54.9 Å². The fourth-order valence-electron chi connectivity index (χ4n) is 0.709. The Labute approximate surface area is 85.6 Å². The van der Waals surface area contributed by atoms with E-state index in [1.807, 2.05) is 27.7 Å². The second kappa shape index (κ2) is 17.9. The Kier molecular flexibility index (Phi) is 25.7. The molecule has 0 saturated heterocycles. The van der Waals surface area contributed by atoms with E-state index in [2.05, 4.69) is 20.8 Å². The molecular weight excluding hydrogens is 160 g/mol. The number of rotatable bonds is 4. The molecule has 0 radical (unpaired) electrons. The molecular formula is C12H30O. The summed E-state index contributed by atoms with van der Waals surface area (Å²) in [4.78, 5) is 0. The first-order valence-corrected chi connectivity index (χ1v) is 5.77. The maximum absolute atomic E-state index is 8.65. The molecule has 0 aliphatic carbocycles. The minimum absolute atomic E-state index is 0.340. The summed E-state index contributed by atoms with van der Waals surface area (Å²) in [5.41, 5.74) is 0. The molecule has 0 aliphatic rings. The average molecular weight is 190 g/mol. The fourth-order valence-corrected chi connectivity index (χ4v) is 0.709. The zero-order valence-corrected chi connectivity index (χ0v) is 10.7. The molecule has 0 fully saturated rings. The van der Waals surface area contributed by atoms with Crippen LogP contribution in [0.25, 0.3) is 0 Å². The number of hydrogen-bond donors (Lipinski definition) is 1. The van der Waals surface area contributed by atoms with Crippen molar-refractivity contribution in [2.24, 2.45) is 11.8 Å². The molecule has 0 rings (SSSR count). The van der Waals surface area contributed by atoms with Crippen LogP contribution < -0.4 is 0 Å². The van der Waals surface area contributed by atoms with E-state index in [1.165, 1.54) is 6.42 Å². The monoisotopic (exact) mass is 190 g/mol. The Hall–Kier alpha value is -0.0400. The summed E-state index contributed by atoms with van der Waals surface area (Å²) >= 11 is 0. The van der Waals surface area contributed by atoms with Crippen LogP contribution in [0.15, 0.2) is 0 Å². The van der Waals surface area contributed by atoms with E-state index in [4.69, 9.17) is 5.11 Å². The molecule has 0 aromatic rings. The lowest BCUT2D eigenvalue weighted by atomic mass is 10.0. The van der Waals surface area contributed by atoms with Crippen molar-refractivity contribution >= 4 is 0 Å². The van der Waals surface area contributed by atoms with Crippen LogP contribution in [-0.4, -0.2) is 11.7 Å². The molecule has 0 aromatic heterocycles. The number of hydrogen-bond acceptors (Lipinski definition) is 1. The maximum atomic E-state index is 8.65. The lowest BCUT2D eigenvalue weighted by molar-refractivity contribution is 0.224. The zero-order valence-electron chi connectivity index (χ0n) is 10.7. The number of aliphatic hydroxyl groups is 1. The molecule has 0 aromatic carbocycles. The van der Waals surface area contributed by atoms with E-state index in [9.17, 15) is 0 Å². The maximum Gasteiger partial charge on any atom is 0.0456 e. The Morgan fingerprint density at radius 1 is 0.846 bits per heavy atom. The second-order valence-electron chi connectivity index (χ2n) is 3.26. The van der Waals surface area contributed by atoms with Crippen molar-refractivity contribution < 1.29 is 5.11 Å². The van der Waals surface area contributed by atoms with Crippen molar-refractivity contribution in [2.45, 2.75) is 61.3 Å². The van der Waals surface area contributed by atoms with E-state index >= 15 is 0 Å². The summed E-state index contributed by atoms with van der Waals surface area (Å²) < 4.78 is 0. The van der Waals surface area contributed by atoms with Crippen molar-refractivity contribution in [1.82, 2.24) is 0 Å². The van der Waals surface area contributed by atoms with Gasteiger partial charge in [0.15, 0.2) is 0 Å². The highest BCUT2D eigenvalue weighted by atomic mass is 16.3.